The largest absolute Gasteiger partial charge is 0.524 e. The maximum atomic E-state index is 11.1. The Morgan fingerprint density at radius 3 is 2.29 bits per heavy atom. The lowest BCUT2D eigenvalue weighted by Crippen LogP contribution is -1.95. The molecule has 0 aliphatic carbocycles. The molecule has 0 atom stereocenters. The first-order valence-electron chi connectivity index (χ1n) is 6.93. The molecular weight excluding hydrogens is 287 g/mol. The molecule has 21 heavy (non-hydrogen) atoms. The molecule has 0 radical (unpaired) electrons. The Bertz CT molecular complexity index is 648. The average Bonchev–Trinajstić information content (AvgIpc) is 2.44. The minimum Gasteiger partial charge on any atom is -0.404 e. The summed E-state index contributed by atoms with van der Waals surface area (Å²) >= 11 is 0. The number of benzene rings is 2. The van der Waals surface area contributed by atoms with Gasteiger partial charge in [0.1, 0.15) is 5.75 Å². The molecule has 2 aromatic carbocycles. The van der Waals surface area contributed by atoms with Crippen LogP contribution in [0.3, 0.4) is 0 Å². The zero-order chi connectivity index (χ0) is 15.3. The molecule has 0 aliphatic rings. The Morgan fingerprint density at radius 1 is 1.00 bits per heavy atom. The zero-order valence-corrected chi connectivity index (χ0v) is 12.8. The Labute approximate surface area is 124 Å². The molecule has 112 valence electrons. The van der Waals surface area contributed by atoms with Gasteiger partial charge in [0, 0.05) is 5.56 Å². The normalized spacial score (nSPS) is 11.4. The van der Waals surface area contributed by atoms with Crippen LogP contribution in [-0.2, 0) is 11.0 Å². The SMILES string of the molecule is CCCCc1ccccc1-c1ccccc1OP(=O)(O)O. The highest BCUT2D eigenvalue weighted by molar-refractivity contribution is 7.46. The van der Waals surface area contributed by atoms with E-state index in [0.717, 1.165) is 30.4 Å². The van der Waals surface area contributed by atoms with Crippen molar-refractivity contribution in [3.05, 3.63) is 54.1 Å². The highest BCUT2D eigenvalue weighted by Gasteiger charge is 2.19. The predicted molar refractivity (Wildman–Crippen MR) is 83.2 cm³/mol. The molecule has 2 rings (SSSR count). The molecule has 0 fully saturated rings. The van der Waals surface area contributed by atoms with E-state index in [1.54, 1.807) is 12.1 Å². The lowest BCUT2D eigenvalue weighted by atomic mass is 9.96. The Hall–Kier alpha value is -1.61. The second-order valence-corrected chi connectivity index (χ2v) is 6.00. The van der Waals surface area contributed by atoms with E-state index >= 15 is 0 Å². The monoisotopic (exact) mass is 306 g/mol. The summed E-state index contributed by atoms with van der Waals surface area (Å²) in [4.78, 5) is 18.1. The summed E-state index contributed by atoms with van der Waals surface area (Å²) in [6, 6.07) is 14.8. The van der Waals surface area contributed by atoms with E-state index < -0.39 is 7.82 Å². The number of hydrogen-bond acceptors (Lipinski definition) is 2. The molecule has 2 N–H and O–H groups in total. The number of rotatable bonds is 6. The molecule has 0 spiro atoms. The third kappa shape index (κ3) is 4.43. The topological polar surface area (TPSA) is 66.8 Å². The van der Waals surface area contributed by atoms with Gasteiger partial charge in [0.15, 0.2) is 0 Å². The van der Waals surface area contributed by atoms with Crippen LogP contribution in [0.25, 0.3) is 11.1 Å². The molecule has 0 aromatic heterocycles. The first-order chi connectivity index (χ1) is 10.0. The van der Waals surface area contributed by atoms with Gasteiger partial charge in [0.05, 0.1) is 0 Å². The summed E-state index contributed by atoms with van der Waals surface area (Å²) in [7, 11) is -4.57. The van der Waals surface area contributed by atoms with E-state index in [2.05, 4.69) is 6.92 Å². The molecule has 0 unspecified atom stereocenters. The van der Waals surface area contributed by atoms with Crippen molar-refractivity contribution >= 4 is 7.82 Å². The Kier molecular flexibility index (Phi) is 5.18. The van der Waals surface area contributed by atoms with Crippen LogP contribution in [0.4, 0.5) is 0 Å². The predicted octanol–water partition coefficient (Wildman–Crippen LogP) is 4.17. The standard InChI is InChI=1S/C16H19O4P/c1-2-3-8-13-9-4-5-10-14(13)15-11-6-7-12-16(15)20-21(17,18)19/h4-7,9-12H,2-3,8H2,1H3,(H2,17,18,19). The molecule has 0 saturated carbocycles. The Morgan fingerprint density at radius 2 is 1.62 bits per heavy atom. The second kappa shape index (κ2) is 6.90. The van der Waals surface area contributed by atoms with Gasteiger partial charge in [-0.25, -0.2) is 4.57 Å². The van der Waals surface area contributed by atoms with Gasteiger partial charge in [0.2, 0.25) is 0 Å². The molecule has 0 amide bonds. The molecule has 5 heteroatoms. The van der Waals surface area contributed by atoms with Gasteiger partial charge in [-0.1, -0.05) is 55.8 Å². The van der Waals surface area contributed by atoms with Crippen molar-refractivity contribution in [2.75, 3.05) is 0 Å². The van der Waals surface area contributed by atoms with E-state index in [1.165, 1.54) is 0 Å². The summed E-state index contributed by atoms with van der Waals surface area (Å²) in [5.74, 6) is 0.204. The van der Waals surface area contributed by atoms with Crippen LogP contribution in [0.1, 0.15) is 25.3 Å². The van der Waals surface area contributed by atoms with E-state index in [1.807, 2.05) is 36.4 Å². The summed E-state index contributed by atoms with van der Waals surface area (Å²) in [6.45, 7) is 2.13. The van der Waals surface area contributed by atoms with E-state index in [4.69, 9.17) is 14.3 Å². The van der Waals surface area contributed by atoms with Crippen molar-refractivity contribution in [3.8, 4) is 16.9 Å². The summed E-state index contributed by atoms with van der Waals surface area (Å²) in [5, 5.41) is 0. The first kappa shape index (κ1) is 15.8. The van der Waals surface area contributed by atoms with Crippen molar-refractivity contribution in [3.63, 3.8) is 0 Å². The van der Waals surface area contributed by atoms with Gasteiger partial charge in [-0.05, 0) is 30.0 Å². The molecule has 0 saturated heterocycles. The van der Waals surface area contributed by atoms with Gasteiger partial charge in [-0.15, -0.1) is 0 Å². The minimum atomic E-state index is -4.57. The van der Waals surface area contributed by atoms with Gasteiger partial charge >= 0.3 is 7.82 Å². The van der Waals surface area contributed by atoms with Crippen LogP contribution in [0.15, 0.2) is 48.5 Å². The number of aryl methyl sites for hydroxylation is 1. The highest BCUT2D eigenvalue weighted by Crippen LogP contribution is 2.42. The van der Waals surface area contributed by atoms with E-state index in [9.17, 15) is 4.57 Å². The molecule has 0 aliphatic heterocycles. The van der Waals surface area contributed by atoms with E-state index in [0.29, 0.717) is 5.56 Å². The highest BCUT2D eigenvalue weighted by atomic mass is 31.2. The zero-order valence-electron chi connectivity index (χ0n) is 11.9. The number of hydrogen-bond donors (Lipinski definition) is 2. The molecule has 0 heterocycles. The fourth-order valence-corrected chi connectivity index (χ4v) is 2.68. The lowest BCUT2D eigenvalue weighted by Gasteiger charge is -2.14. The second-order valence-electron chi connectivity index (χ2n) is 4.84. The fourth-order valence-electron chi connectivity index (χ4n) is 2.27. The summed E-state index contributed by atoms with van der Waals surface area (Å²) < 4.78 is 15.9. The van der Waals surface area contributed by atoms with Crippen molar-refractivity contribution in [1.29, 1.82) is 0 Å². The Balaban J connectivity index is 2.45. The van der Waals surface area contributed by atoms with Crippen LogP contribution in [0.5, 0.6) is 5.75 Å². The number of phosphoric acid groups is 1. The van der Waals surface area contributed by atoms with Gasteiger partial charge in [-0.3, -0.25) is 9.79 Å². The van der Waals surface area contributed by atoms with Crippen LogP contribution in [-0.4, -0.2) is 9.79 Å². The van der Waals surface area contributed by atoms with Crippen LogP contribution >= 0.6 is 7.82 Å². The summed E-state index contributed by atoms with van der Waals surface area (Å²) in [5.41, 5.74) is 2.81. The quantitative estimate of drug-likeness (QED) is 0.786. The van der Waals surface area contributed by atoms with E-state index in [-0.39, 0.29) is 5.75 Å². The van der Waals surface area contributed by atoms with Crippen LogP contribution in [0.2, 0.25) is 0 Å². The lowest BCUT2D eigenvalue weighted by molar-refractivity contribution is 0.283. The van der Waals surface area contributed by atoms with Crippen molar-refractivity contribution in [2.45, 2.75) is 26.2 Å². The van der Waals surface area contributed by atoms with Crippen molar-refractivity contribution in [1.82, 2.24) is 0 Å². The number of para-hydroxylation sites is 1. The third-order valence-electron chi connectivity index (χ3n) is 3.21. The maximum Gasteiger partial charge on any atom is 0.524 e. The van der Waals surface area contributed by atoms with Crippen LogP contribution in [0, 0.1) is 0 Å². The molecular formula is C16H19O4P. The fraction of sp³-hybridized carbons (Fsp3) is 0.250. The molecule has 0 bridgehead atoms. The minimum absolute atomic E-state index is 0.204. The smallest absolute Gasteiger partial charge is 0.404 e. The van der Waals surface area contributed by atoms with Crippen molar-refractivity contribution < 1.29 is 18.9 Å². The average molecular weight is 306 g/mol. The first-order valence-corrected chi connectivity index (χ1v) is 8.46. The number of phosphoric ester groups is 1. The van der Waals surface area contributed by atoms with Gasteiger partial charge < -0.3 is 4.52 Å². The third-order valence-corrected chi connectivity index (χ3v) is 3.65. The molecule has 2 aromatic rings. The maximum absolute atomic E-state index is 11.1. The number of unbranched alkanes of at least 4 members (excludes halogenated alkanes) is 1. The van der Waals surface area contributed by atoms with Gasteiger partial charge in [0.25, 0.3) is 0 Å². The van der Waals surface area contributed by atoms with Crippen molar-refractivity contribution in [2.24, 2.45) is 0 Å². The molecule has 4 nitrogen and oxygen atoms in total. The van der Waals surface area contributed by atoms with Crippen LogP contribution < -0.4 is 4.52 Å². The van der Waals surface area contributed by atoms with Gasteiger partial charge in [-0.2, -0.15) is 0 Å². The summed E-state index contributed by atoms with van der Waals surface area (Å²) in [6.07, 6.45) is 3.09.